The molecule has 2 rings (SSSR count). The Kier molecular flexibility index (Phi) is 5.90. The Bertz CT molecular complexity index is 778. The van der Waals surface area contributed by atoms with Crippen molar-refractivity contribution in [3.8, 4) is 0 Å². The highest BCUT2D eigenvalue weighted by Crippen LogP contribution is 2.13. The van der Waals surface area contributed by atoms with Gasteiger partial charge < -0.3 is 10.4 Å². The summed E-state index contributed by atoms with van der Waals surface area (Å²) < 4.78 is 0. The van der Waals surface area contributed by atoms with Gasteiger partial charge in [-0.25, -0.2) is 4.79 Å². The van der Waals surface area contributed by atoms with Gasteiger partial charge in [0.15, 0.2) is 0 Å². The number of allylic oxidation sites excluding steroid dienone is 1. The number of carboxylic acids is 1. The van der Waals surface area contributed by atoms with Gasteiger partial charge in [0, 0.05) is 12.1 Å². The van der Waals surface area contributed by atoms with E-state index in [1.54, 1.807) is 25.1 Å². The number of rotatable bonds is 6. The van der Waals surface area contributed by atoms with E-state index in [9.17, 15) is 9.59 Å². The van der Waals surface area contributed by atoms with E-state index < -0.39 is 5.97 Å². The van der Waals surface area contributed by atoms with Crippen LogP contribution in [0.3, 0.4) is 0 Å². The molecule has 2 aromatic carbocycles. The zero-order chi connectivity index (χ0) is 17.5. The molecule has 124 valence electrons. The van der Waals surface area contributed by atoms with Crippen LogP contribution in [0.5, 0.6) is 0 Å². The lowest BCUT2D eigenvalue weighted by Crippen LogP contribution is -2.26. The molecule has 0 spiro atoms. The minimum atomic E-state index is -0.932. The maximum Gasteiger partial charge on any atom is 0.335 e. The van der Waals surface area contributed by atoms with Crippen LogP contribution in [0.4, 0.5) is 0 Å². The molecule has 1 amide bonds. The normalized spacial score (nSPS) is 10.8. The van der Waals surface area contributed by atoms with Gasteiger partial charge in [0.05, 0.1) is 5.56 Å². The van der Waals surface area contributed by atoms with Crippen molar-refractivity contribution in [1.82, 2.24) is 5.32 Å². The number of nitrogens with one attached hydrogen (secondary N) is 1. The van der Waals surface area contributed by atoms with Gasteiger partial charge in [-0.2, -0.15) is 0 Å². The van der Waals surface area contributed by atoms with E-state index in [1.807, 2.05) is 43.3 Å². The van der Waals surface area contributed by atoms with E-state index in [4.69, 9.17) is 5.11 Å². The van der Waals surface area contributed by atoms with Crippen LogP contribution in [0.25, 0.3) is 6.08 Å². The third kappa shape index (κ3) is 4.32. The first-order valence-corrected chi connectivity index (χ1v) is 7.85. The van der Waals surface area contributed by atoms with Crippen molar-refractivity contribution in [1.29, 1.82) is 0 Å². The van der Waals surface area contributed by atoms with E-state index >= 15 is 0 Å². The summed E-state index contributed by atoms with van der Waals surface area (Å²) in [6.45, 7) is 4.13. The van der Waals surface area contributed by atoms with Gasteiger partial charge in [-0.3, -0.25) is 4.79 Å². The van der Waals surface area contributed by atoms with Crippen molar-refractivity contribution >= 4 is 18.0 Å². The van der Waals surface area contributed by atoms with Crippen LogP contribution < -0.4 is 5.32 Å². The Morgan fingerprint density at radius 2 is 1.88 bits per heavy atom. The number of hydrogen-bond acceptors (Lipinski definition) is 2. The van der Waals surface area contributed by atoms with Crippen LogP contribution in [0, 0.1) is 6.92 Å². The lowest BCUT2D eigenvalue weighted by molar-refractivity contribution is 0.0695. The summed E-state index contributed by atoms with van der Waals surface area (Å²) in [5, 5.41) is 12.0. The van der Waals surface area contributed by atoms with Gasteiger partial charge in [-0.15, -0.1) is 0 Å². The average Bonchev–Trinajstić information content (AvgIpc) is 2.57. The first-order valence-electron chi connectivity index (χ1n) is 7.85. The standard InChI is InChI=1S/C20H21NO3/c1-3-6-16-7-4-5-8-17(16)19(22)21-12-11-15-10-9-14(2)18(13-15)20(23)24/h3-10,13H,11-12H2,1-2H3,(H,21,22)(H,23,24)/b6-3+. The Morgan fingerprint density at radius 3 is 2.58 bits per heavy atom. The summed E-state index contributed by atoms with van der Waals surface area (Å²) in [5.74, 6) is -1.06. The highest BCUT2D eigenvalue weighted by molar-refractivity contribution is 5.97. The largest absolute Gasteiger partial charge is 0.478 e. The summed E-state index contributed by atoms with van der Waals surface area (Å²) in [5.41, 5.74) is 3.43. The molecule has 0 aliphatic rings. The van der Waals surface area contributed by atoms with E-state index in [1.165, 1.54) is 0 Å². The smallest absolute Gasteiger partial charge is 0.335 e. The van der Waals surface area contributed by atoms with Gasteiger partial charge >= 0.3 is 5.97 Å². The Labute approximate surface area is 141 Å². The minimum Gasteiger partial charge on any atom is -0.478 e. The van der Waals surface area contributed by atoms with E-state index in [0.717, 1.165) is 16.7 Å². The van der Waals surface area contributed by atoms with Gasteiger partial charge in [0.25, 0.3) is 5.91 Å². The van der Waals surface area contributed by atoms with Crippen LogP contribution in [0.15, 0.2) is 48.5 Å². The molecule has 0 aromatic heterocycles. The van der Waals surface area contributed by atoms with E-state index in [2.05, 4.69) is 5.32 Å². The molecule has 4 nitrogen and oxygen atoms in total. The molecule has 24 heavy (non-hydrogen) atoms. The van der Waals surface area contributed by atoms with E-state index in [-0.39, 0.29) is 5.91 Å². The van der Waals surface area contributed by atoms with Crippen molar-refractivity contribution in [2.45, 2.75) is 20.3 Å². The summed E-state index contributed by atoms with van der Waals surface area (Å²) in [4.78, 5) is 23.5. The fourth-order valence-corrected chi connectivity index (χ4v) is 2.50. The number of hydrogen-bond donors (Lipinski definition) is 2. The van der Waals surface area contributed by atoms with Gasteiger partial charge in [-0.05, 0) is 49.1 Å². The number of carbonyl (C=O) groups excluding carboxylic acids is 1. The molecule has 0 saturated heterocycles. The number of aromatic carboxylic acids is 1. The average molecular weight is 323 g/mol. The third-order valence-corrected chi connectivity index (χ3v) is 3.78. The molecule has 0 heterocycles. The molecule has 0 fully saturated rings. The third-order valence-electron chi connectivity index (χ3n) is 3.78. The molecule has 0 unspecified atom stereocenters. The number of carbonyl (C=O) groups is 2. The minimum absolute atomic E-state index is 0.130. The number of benzene rings is 2. The summed E-state index contributed by atoms with van der Waals surface area (Å²) in [6, 6.07) is 12.8. The molecule has 0 aliphatic carbocycles. The molecular weight excluding hydrogens is 302 g/mol. The van der Waals surface area contributed by atoms with Crippen molar-refractivity contribution in [3.05, 3.63) is 76.4 Å². The van der Waals surface area contributed by atoms with Crippen LogP contribution >= 0.6 is 0 Å². The lowest BCUT2D eigenvalue weighted by atomic mass is 10.0. The summed E-state index contributed by atoms with van der Waals surface area (Å²) in [6.07, 6.45) is 4.37. The van der Waals surface area contributed by atoms with Gasteiger partial charge in [0.1, 0.15) is 0 Å². The second-order valence-corrected chi connectivity index (χ2v) is 5.55. The van der Waals surface area contributed by atoms with Crippen LogP contribution in [0.1, 0.15) is 44.3 Å². The fraction of sp³-hybridized carbons (Fsp3) is 0.200. The van der Waals surface area contributed by atoms with Crippen molar-refractivity contribution in [2.75, 3.05) is 6.54 Å². The number of carboxylic acid groups (broad SMARTS) is 1. The Morgan fingerprint density at radius 1 is 1.12 bits per heavy atom. The quantitative estimate of drug-likeness (QED) is 0.852. The number of aryl methyl sites for hydroxylation is 1. The highest BCUT2D eigenvalue weighted by atomic mass is 16.4. The monoisotopic (exact) mass is 323 g/mol. The number of amides is 1. The van der Waals surface area contributed by atoms with Gasteiger partial charge in [-0.1, -0.05) is 42.5 Å². The molecule has 0 atom stereocenters. The highest BCUT2D eigenvalue weighted by Gasteiger charge is 2.10. The molecule has 0 saturated carbocycles. The molecule has 0 bridgehead atoms. The fourth-order valence-electron chi connectivity index (χ4n) is 2.50. The summed E-state index contributed by atoms with van der Waals surface area (Å²) >= 11 is 0. The van der Waals surface area contributed by atoms with E-state index in [0.29, 0.717) is 24.1 Å². The first-order chi connectivity index (χ1) is 11.5. The molecular formula is C20H21NO3. The maximum absolute atomic E-state index is 12.3. The SMILES string of the molecule is C/C=C/c1ccccc1C(=O)NCCc1ccc(C)c(C(=O)O)c1. The second kappa shape index (κ2) is 8.11. The van der Waals surface area contributed by atoms with Crippen LogP contribution in [-0.4, -0.2) is 23.5 Å². The molecule has 2 aromatic rings. The van der Waals surface area contributed by atoms with Crippen molar-refractivity contribution in [2.24, 2.45) is 0 Å². The second-order valence-electron chi connectivity index (χ2n) is 5.55. The van der Waals surface area contributed by atoms with Crippen LogP contribution in [0.2, 0.25) is 0 Å². The van der Waals surface area contributed by atoms with Gasteiger partial charge in [0.2, 0.25) is 0 Å². The summed E-state index contributed by atoms with van der Waals surface area (Å²) in [7, 11) is 0. The molecule has 2 N–H and O–H groups in total. The lowest BCUT2D eigenvalue weighted by Gasteiger charge is -2.09. The predicted molar refractivity (Wildman–Crippen MR) is 95.3 cm³/mol. The predicted octanol–water partition coefficient (Wildman–Crippen LogP) is 3.70. The van der Waals surface area contributed by atoms with Crippen LogP contribution in [-0.2, 0) is 6.42 Å². The first kappa shape index (κ1) is 17.5. The topological polar surface area (TPSA) is 66.4 Å². The maximum atomic E-state index is 12.3. The van der Waals surface area contributed by atoms with Crippen molar-refractivity contribution < 1.29 is 14.7 Å². The molecule has 0 aliphatic heterocycles. The zero-order valence-corrected chi connectivity index (χ0v) is 13.9. The molecule has 4 heteroatoms. The Balaban J connectivity index is 2.01. The zero-order valence-electron chi connectivity index (χ0n) is 13.9. The molecule has 0 radical (unpaired) electrons. The van der Waals surface area contributed by atoms with Crippen molar-refractivity contribution in [3.63, 3.8) is 0 Å². The Hall–Kier alpha value is -2.88.